The lowest BCUT2D eigenvalue weighted by Crippen LogP contribution is -2.25. The van der Waals surface area contributed by atoms with Crippen molar-refractivity contribution in [1.29, 1.82) is 0 Å². The smallest absolute Gasteiger partial charge is 0.147 e. The highest BCUT2D eigenvalue weighted by Gasteiger charge is 2.30. The third kappa shape index (κ3) is 2.65. The van der Waals surface area contributed by atoms with Crippen molar-refractivity contribution in [1.82, 2.24) is 9.97 Å². The molecule has 5 heteroatoms. The highest BCUT2D eigenvalue weighted by molar-refractivity contribution is 7.09. The first kappa shape index (κ1) is 11.9. The zero-order valence-electron chi connectivity index (χ0n) is 9.92. The maximum atomic E-state index is 5.73. The van der Waals surface area contributed by atoms with Gasteiger partial charge in [-0.15, -0.1) is 22.9 Å². The Hall–Kier alpha value is -1.13. The Balaban J connectivity index is 1.80. The van der Waals surface area contributed by atoms with Crippen LogP contribution in [0.3, 0.4) is 0 Å². The van der Waals surface area contributed by atoms with Crippen molar-refractivity contribution in [2.45, 2.75) is 31.3 Å². The van der Waals surface area contributed by atoms with Crippen LogP contribution in [0.4, 0.5) is 5.82 Å². The second kappa shape index (κ2) is 5.24. The van der Waals surface area contributed by atoms with E-state index in [1.54, 1.807) is 17.5 Å². The number of anilines is 1. The quantitative estimate of drug-likeness (QED) is 0.785. The van der Waals surface area contributed by atoms with E-state index in [-0.39, 0.29) is 0 Å². The van der Waals surface area contributed by atoms with Gasteiger partial charge in [0.1, 0.15) is 5.82 Å². The maximum Gasteiger partial charge on any atom is 0.147 e. The Bertz CT molecular complexity index is 493. The number of nitrogens with zero attached hydrogens (tertiary/aromatic N) is 3. The molecule has 2 aromatic rings. The van der Waals surface area contributed by atoms with E-state index in [4.69, 9.17) is 11.6 Å². The molecule has 3 rings (SSSR count). The Labute approximate surface area is 115 Å². The van der Waals surface area contributed by atoms with Gasteiger partial charge in [0, 0.05) is 10.9 Å². The summed E-state index contributed by atoms with van der Waals surface area (Å²) in [5, 5.41) is 2.11. The fourth-order valence-electron chi connectivity index (χ4n) is 1.92. The van der Waals surface area contributed by atoms with Crippen LogP contribution in [0.1, 0.15) is 23.4 Å². The summed E-state index contributed by atoms with van der Waals surface area (Å²) in [6.07, 6.45) is 6.12. The molecule has 2 heterocycles. The molecule has 18 heavy (non-hydrogen) atoms. The van der Waals surface area contributed by atoms with Crippen LogP contribution in [0.2, 0.25) is 0 Å². The first-order valence-electron chi connectivity index (χ1n) is 6.03. The Morgan fingerprint density at radius 1 is 1.33 bits per heavy atom. The van der Waals surface area contributed by atoms with E-state index < -0.39 is 0 Å². The molecule has 0 bridgehead atoms. The van der Waals surface area contributed by atoms with E-state index in [1.807, 2.05) is 6.20 Å². The van der Waals surface area contributed by atoms with Gasteiger partial charge >= 0.3 is 0 Å². The molecule has 1 saturated carbocycles. The van der Waals surface area contributed by atoms with Crippen molar-refractivity contribution < 1.29 is 0 Å². The molecule has 94 valence electrons. The van der Waals surface area contributed by atoms with Crippen LogP contribution in [0.25, 0.3) is 0 Å². The summed E-state index contributed by atoms with van der Waals surface area (Å²) in [4.78, 5) is 12.5. The lowest BCUT2D eigenvalue weighted by molar-refractivity contribution is 0.780. The average molecular weight is 280 g/mol. The number of hydrogen-bond acceptors (Lipinski definition) is 4. The minimum atomic E-state index is 0.418. The summed E-state index contributed by atoms with van der Waals surface area (Å²) >= 11 is 7.52. The minimum Gasteiger partial charge on any atom is -0.347 e. The summed E-state index contributed by atoms with van der Waals surface area (Å²) in [6, 6.07) is 4.89. The third-order valence-corrected chi connectivity index (χ3v) is 4.15. The number of thiophene rings is 1. The zero-order valence-corrected chi connectivity index (χ0v) is 11.5. The first-order valence-corrected chi connectivity index (χ1v) is 7.44. The van der Waals surface area contributed by atoms with Gasteiger partial charge < -0.3 is 4.90 Å². The summed E-state index contributed by atoms with van der Waals surface area (Å²) in [5.41, 5.74) is 0.826. The third-order valence-electron chi connectivity index (χ3n) is 3.02. The van der Waals surface area contributed by atoms with Gasteiger partial charge in [-0.3, -0.25) is 4.98 Å². The van der Waals surface area contributed by atoms with Gasteiger partial charge in [0.15, 0.2) is 0 Å². The van der Waals surface area contributed by atoms with Gasteiger partial charge in [0.05, 0.1) is 30.5 Å². The van der Waals surface area contributed by atoms with Gasteiger partial charge in [-0.25, -0.2) is 4.98 Å². The summed E-state index contributed by atoms with van der Waals surface area (Å²) in [6.45, 7) is 0.928. The van der Waals surface area contributed by atoms with E-state index in [0.717, 1.165) is 18.1 Å². The molecule has 2 aromatic heterocycles. The Morgan fingerprint density at radius 2 is 2.22 bits per heavy atom. The monoisotopic (exact) mass is 279 g/mol. The molecular formula is C13H14ClN3S. The minimum absolute atomic E-state index is 0.418. The normalized spacial score (nSPS) is 14.7. The molecule has 0 unspecified atom stereocenters. The molecule has 0 aliphatic heterocycles. The number of hydrogen-bond donors (Lipinski definition) is 0. The number of alkyl halides is 1. The Morgan fingerprint density at radius 3 is 2.78 bits per heavy atom. The maximum absolute atomic E-state index is 5.73. The molecule has 0 saturated heterocycles. The topological polar surface area (TPSA) is 29.0 Å². The van der Waals surface area contributed by atoms with Crippen LogP contribution < -0.4 is 4.90 Å². The van der Waals surface area contributed by atoms with Crippen LogP contribution in [-0.2, 0) is 12.4 Å². The largest absolute Gasteiger partial charge is 0.347 e. The van der Waals surface area contributed by atoms with E-state index >= 15 is 0 Å². The van der Waals surface area contributed by atoms with Crippen molar-refractivity contribution in [3.63, 3.8) is 0 Å². The van der Waals surface area contributed by atoms with Crippen molar-refractivity contribution in [2.75, 3.05) is 4.90 Å². The van der Waals surface area contributed by atoms with Crippen LogP contribution in [0, 0.1) is 0 Å². The van der Waals surface area contributed by atoms with Crippen LogP contribution in [-0.4, -0.2) is 16.0 Å². The SMILES string of the molecule is ClCc1cnc(N(Cc2cccs2)C2CC2)cn1. The zero-order chi connectivity index (χ0) is 12.4. The van der Waals surface area contributed by atoms with Crippen LogP contribution in [0.5, 0.6) is 0 Å². The predicted molar refractivity (Wildman–Crippen MR) is 75.1 cm³/mol. The molecule has 3 nitrogen and oxygen atoms in total. The Kier molecular flexibility index (Phi) is 3.48. The fraction of sp³-hybridized carbons (Fsp3) is 0.385. The molecule has 0 amide bonds. The number of halogens is 1. The molecule has 0 spiro atoms. The van der Waals surface area contributed by atoms with E-state index in [1.165, 1.54) is 17.7 Å². The first-order chi connectivity index (χ1) is 8.86. The fourth-order valence-corrected chi connectivity index (χ4v) is 2.76. The molecule has 0 atom stereocenters. The molecular weight excluding hydrogens is 266 g/mol. The van der Waals surface area contributed by atoms with E-state index in [9.17, 15) is 0 Å². The van der Waals surface area contributed by atoms with Crippen LogP contribution >= 0.6 is 22.9 Å². The second-order valence-corrected chi connectivity index (χ2v) is 5.74. The van der Waals surface area contributed by atoms with Crippen molar-refractivity contribution in [2.24, 2.45) is 0 Å². The van der Waals surface area contributed by atoms with Crippen molar-refractivity contribution in [3.8, 4) is 0 Å². The number of aromatic nitrogens is 2. The van der Waals surface area contributed by atoms with Crippen molar-refractivity contribution in [3.05, 3.63) is 40.5 Å². The van der Waals surface area contributed by atoms with Gasteiger partial charge in [-0.05, 0) is 24.3 Å². The average Bonchev–Trinajstić information content (AvgIpc) is 3.13. The highest BCUT2D eigenvalue weighted by Crippen LogP contribution is 2.32. The molecule has 1 aliphatic carbocycles. The van der Waals surface area contributed by atoms with Crippen LogP contribution in [0.15, 0.2) is 29.9 Å². The molecule has 0 aromatic carbocycles. The van der Waals surface area contributed by atoms with E-state index in [0.29, 0.717) is 11.9 Å². The van der Waals surface area contributed by atoms with E-state index in [2.05, 4.69) is 32.4 Å². The summed E-state index contributed by atoms with van der Waals surface area (Å²) < 4.78 is 0. The van der Waals surface area contributed by atoms with Crippen molar-refractivity contribution >= 4 is 28.8 Å². The molecule has 1 aliphatic rings. The van der Waals surface area contributed by atoms with Gasteiger partial charge in [0.2, 0.25) is 0 Å². The van der Waals surface area contributed by atoms with Gasteiger partial charge in [-0.2, -0.15) is 0 Å². The highest BCUT2D eigenvalue weighted by atomic mass is 35.5. The standard InChI is InChI=1S/C13H14ClN3S/c14-6-10-7-16-13(8-15-10)17(11-3-4-11)9-12-2-1-5-18-12/h1-2,5,7-8,11H,3-4,6,9H2. The van der Waals surface area contributed by atoms with Gasteiger partial charge in [0.25, 0.3) is 0 Å². The molecule has 0 radical (unpaired) electrons. The summed E-state index contributed by atoms with van der Waals surface area (Å²) in [7, 11) is 0. The van der Waals surface area contributed by atoms with Gasteiger partial charge in [-0.1, -0.05) is 6.07 Å². The number of rotatable bonds is 5. The summed E-state index contributed by atoms with van der Waals surface area (Å²) in [5.74, 6) is 1.38. The molecule has 0 N–H and O–H groups in total. The lowest BCUT2D eigenvalue weighted by Gasteiger charge is -2.22. The lowest BCUT2D eigenvalue weighted by atomic mass is 10.4. The molecule has 1 fully saturated rings. The predicted octanol–water partition coefficient (Wildman–Crippen LogP) is 3.45. The second-order valence-electron chi connectivity index (χ2n) is 4.44.